The molecule has 1 aliphatic rings. The van der Waals surface area contributed by atoms with Crippen LogP contribution in [-0.4, -0.2) is 40.5 Å². The van der Waals surface area contributed by atoms with Gasteiger partial charge in [-0.2, -0.15) is 0 Å². The van der Waals surface area contributed by atoms with E-state index in [0.29, 0.717) is 13.0 Å². The third-order valence-electron chi connectivity index (χ3n) is 5.38. The Hall–Kier alpha value is -3.07. The highest BCUT2D eigenvalue weighted by Crippen LogP contribution is 2.24. The zero-order valence-corrected chi connectivity index (χ0v) is 18.9. The number of carbonyl (C=O) groups is 4. The van der Waals surface area contributed by atoms with Gasteiger partial charge in [0.05, 0.1) is 6.04 Å². The monoisotopic (exact) mass is 457 g/mol. The van der Waals surface area contributed by atoms with Crippen LogP contribution in [0.1, 0.15) is 36.3 Å². The molecule has 0 saturated carbocycles. The molecule has 170 valence electrons. The van der Waals surface area contributed by atoms with Crippen LogP contribution in [0.15, 0.2) is 36.5 Å². The number of aromatic nitrogens is 1. The van der Waals surface area contributed by atoms with Crippen molar-refractivity contribution in [3.8, 4) is 0 Å². The van der Waals surface area contributed by atoms with Crippen molar-refractivity contribution >= 4 is 35.1 Å². The molecule has 2 atom stereocenters. The molecule has 2 aromatic rings. The number of rotatable bonds is 7. The molecular formula is C23H27N3O5S. The van der Waals surface area contributed by atoms with Crippen molar-refractivity contribution in [2.75, 3.05) is 6.54 Å². The molecule has 8 nitrogen and oxygen atoms in total. The molecule has 1 aromatic carbocycles. The summed E-state index contributed by atoms with van der Waals surface area (Å²) in [7, 11) is 0. The summed E-state index contributed by atoms with van der Waals surface area (Å²) in [5.74, 6) is -2.63. The Balaban J connectivity index is 1.66. The Morgan fingerprint density at radius 2 is 2.00 bits per heavy atom. The van der Waals surface area contributed by atoms with Crippen LogP contribution in [0.2, 0.25) is 0 Å². The van der Waals surface area contributed by atoms with Crippen molar-refractivity contribution in [2.24, 2.45) is 11.8 Å². The molecule has 0 spiro atoms. The van der Waals surface area contributed by atoms with Gasteiger partial charge in [-0.15, -0.1) is 0 Å². The van der Waals surface area contributed by atoms with Gasteiger partial charge in [-0.1, -0.05) is 44.2 Å². The lowest BCUT2D eigenvalue weighted by atomic mass is 9.87. The fraction of sp³-hybridized carbons (Fsp3) is 0.435. The number of hydrogen-bond acceptors (Lipinski definition) is 7. The molecule has 3 rings (SSSR count). The third-order valence-corrected chi connectivity index (χ3v) is 6.24. The average Bonchev–Trinajstić information content (AvgIpc) is 3.22. The molecule has 9 heteroatoms. The highest BCUT2D eigenvalue weighted by molar-refractivity contribution is 7.05. The second-order valence-corrected chi connectivity index (χ2v) is 9.03. The molecule has 0 radical (unpaired) electrons. The lowest BCUT2D eigenvalue weighted by Gasteiger charge is -2.23. The Bertz CT molecular complexity index is 973. The summed E-state index contributed by atoms with van der Waals surface area (Å²) in [6.07, 6.45) is 1.76. The number of hydrogen-bond donors (Lipinski definition) is 2. The highest BCUT2D eigenvalue weighted by Gasteiger charge is 2.33. The van der Waals surface area contributed by atoms with Crippen LogP contribution in [0.5, 0.6) is 0 Å². The van der Waals surface area contributed by atoms with E-state index in [1.807, 2.05) is 30.3 Å². The predicted molar refractivity (Wildman–Crippen MR) is 119 cm³/mol. The quantitative estimate of drug-likeness (QED) is 0.618. The second kappa shape index (κ2) is 11.0. The molecule has 1 aromatic heterocycles. The number of ether oxygens (including phenoxy) is 1. The Kier molecular flexibility index (Phi) is 8.10. The first-order chi connectivity index (χ1) is 15.3. The SMILES string of the molecule is CC(C)C(NC(=O)OCc1ccccc1)C(=O)CC1Cc2sncc2CCNC(=O)C1=O. The summed E-state index contributed by atoms with van der Waals surface area (Å²) in [4.78, 5) is 51.2. The van der Waals surface area contributed by atoms with Crippen molar-refractivity contribution in [3.05, 3.63) is 52.5 Å². The molecule has 2 amide bonds. The van der Waals surface area contributed by atoms with Crippen LogP contribution in [0.25, 0.3) is 0 Å². The molecule has 32 heavy (non-hydrogen) atoms. The van der Waals surface area contributed by atoms with E-state index in [9.17, 15) is 19.2 Å². The number of ketones is 2. The largest absolute Gasteiger partial charge is 0.445 e. The number of benzene rings is 1. The van der Waals surface area contributed by atoms with E-state index in [0.717, 1.165) is 16.0 Å². The molecular weight excluding hydrogens is 430 g/mol. The first kappa shape index (κ1) is 23.6. The van der Waals surface area contributed by atoms with Crippen LogP contribution in [-0.2, 0) is 38.6 Å². The first-order valence-electron chi connectivity index (χ1n) is 10.6. The van der Waals surface area contributed by atoms with Gasteiger partial charge in [-0.05, 0) is 41.4 Å². The fourth-order valence-electron chi connectivity index (χ4n) is 3.60. The van der Waals surface area contributed by atoms with Gasteiger partial charge in [0.15, 0.2) is 5.78 Å². The van der Waals surface area contributed by atoms with Gasteiger partial charge < -0.3 is 15.4 Å². The Labute approximate surface area is 190 Å². The van der Waals surface area contributed by atoms with Gasteiger partial charge in [0.1, 0.15) is 6.61 Å². The van der Waals surface area contributed by atoms with Crippen molar-refractivity contribution in [1.29, 1.82) is 0 Å². The molecule has 0 fully saturated rings. The lowest BCUT2D eigenvalue weighted by molar-refractivity contribution is -0.141. The maximum atomic E-state index is 13.1. The van der Waals surface area contributed by atoms with E-state index in [-0.39, 0.29) is 31.1 Å². The number of alkyl carbamates (subject to hydrolysis) is 1. The smallest absolute Gasteiger partial charge is 0.408 e. The molecule has 0 aliphatic carbocycles. The van der Waals surface area contributed by atoms with E-state index in [2.05, 4.69) is 15.0 Å². The number of nitrogens with zero attached hydrogens (tertiary/aromatic N) is 1. The Morgan fingerprint density at radius 3 is 2.72 bits per heavy atom. The number of fused-ring (bicyclic) bond motifs is 1. The number of nitrogens with one attached hydrogen (secondary N) is 2. The van der Waals surface area contributed by atoms with Crippen molar-refractivity contribution in [2.45, 2.75) is 45.8 Å². The topological polar surface area (TPSA) is 114 Å². The Morgan fingerprint density at radius 1 is 1.25 bits per heavy atom. The summed E-state index contributed by atoms with van der Waals surface area (Å²) in [6, 6.07) is 8.39. The van der Waals surface area contributed by atoms with E-state index in [1.165, 1.54) is 11.5 Å². The van der Waals surface area contributed by atoms with Crippen LogP contribution in [0.3, 0.4) is 0 Å². The summed E-state index contributed by atoms with van der Waals surface area (Å²) < 4.78 is 9.42. The standard InChI is InChI=1S/C23H27N3O5S/c1-14(2)20(26-23(30)31-13-15-6-4-3-5-7-15)18(27)10-17-11-19-16(12-25-32-19)8-9-24-22(29)21(17)28/h3-7,12,14,17,20H,8-11,13H2,1-2H3,(H,24,29)(H,26,30). The minimum Gasteiger partial charge on any atom is -0.445 e. The molecule has 0 bridgehead atoms. The summed E-state index contributed by atoms with van der Waals surface area (Å²) in [5, 5.41) is 5.24. The van der Waals surface area contributed by atoms with Crippen LogP contribution < -0.4 is 10.6 Å². The maximum absolute atomic E-state index is 13.1. The molecule has 2 N–H and O–H groups in total. The summed E-state index contributed by atoms with van der Waals surface area (Å²) in [5.41, 5.74) is 1.81. The average molecular weight is 458 g/mol. The highest BCUT2D eigenvalue weighted by atomic mass is 32.1. The van der Waals surface area contributed by atoms with Crippen LogP contribution in [0, 0.1) is 11.8 Å². The summed E-state index contributed by atoms with van der Waals surface area (Å²) in [6.45, 7) is 4.04. The second-order valence-electron chi connectivity index (χ2n) is 8.14. The van der Waals surface area contributed by atoms with Gasteiger partial charge in [0, 0.05) is 30.0 Å². The minimum absolute atomic E-state index is 0.0844. The number of carbonyl (C=O) groups excluding carboxylic acids is 4. The molecule has 0 saturated heterocycles. The molecule has 1 aliphatic heterocycles. The summed E-state index contributed by atoms with van der Waals surface area (Å²) >= 11 is 1.28. The van der Waals surface area contributed by atoms with Gasteiger partial charge in [0.25, 0.3) is 5.91 Å². The van der Waals surface area contributed by atoms with Crippen molar-refractivity contribution in [3.63, 3.8) is 0 Å². The van der Waals surface area contributed by atoms with E-state index >= 15 is 0 Å². The lowest BCUT2D eigenvalue weighted by Crippen LogP contribution is -2.46. The van der Waals surface area contributed by atoms with E-state index < -0.39 is 29.7 Å². The van der Waals surface area contributed by atoms with Crippen molar-refractivity contribution in [1.82, 2.24) is 15.0 Å². The molecule has 2 unspecified atom stereocenters. The van der Waals surface area contributed by atoms with Gasteiger partial charge >= 0.3 is 6.09 Å². The van der Waals surface area contributed by atoms with Gasteiger partial charge in [0.2, 0.25) is 5.78 Å². The van der Waals surface area contributed by atoms with Crippen LogP contribution in [0.4, 0.5) is 4.79 Å². The maximum Gasteiger partial charge on any atom is 0.408 e. The zero-order chi connectivity index (χ0) is 23.1. The van der Waals surface area contributed by atoms with Crippen molar-refractivity contribution < 1.29 is 23.9 Å². The number of amides is 2. The van der Waals surface area contributed by atoms with E-state index in [1.54, 1.807) is 20.0 Å². The fourth-order valence-corrected chi connectivity index (χ4v) is 4.46. The van der Waals surface area contributed by atoms with Crippen LogP contribution >= 0.6 is 11.5 Å². The third kappa shape index (κ3) is 6.23. The van der Waals surface area contributed by atoms with Gasteiger partial charge in [-0.25, -0.2) is 9.17 Å². The zero-order valence-electron chi connectivity index (χ0n) is 18.1. The minimum atomic E-state index is -0.831. The van der Waals surface area contributed by atoms with E-state index in [4.69, 9.17) is 4.74 Å². The normalized spacial score (nSPS) is 17.4. The molecule has 2 heterocycles. The first-order valence-corrected chi connectivity index (χ1v) is 11.4. The number of Topliss-reactive ketones (excluding diaryl/α,β-unsaturated/α-hetero) is 2. The predicted octanol–water partition coefficient (Wildman–Crippen LogP) is 2.45. The van der Waals surface area contributed by atoms with Gasteiger partial charge in [-0.3, -0.25) is 14.4 Å².